The normalized spacial score (nSPS) is 31.4. The van der Waals surface area contributed by atoms with E-state index in [0.29, 0.717) is 13.2 Å². The highest BCUT2D eigenvalue weighted by atomic mass is 16.5. The summed E-state index contributed by atoms with van der Waals surface area (Å²) in [6.45, 7) is 10.3. The van der Waals surface area contributed by atoms with E-state index in [1.165, 1.54) is 30.4 Å². The topological polar surface area (TPSA) is 18.5 Å². The third kappa shape index (κ3) is 3.50. The second kappa shape index (κ2) is 5.54. The van der Waals surface area contributed by atoms with Crippen molar-refractivity contribution in [2.24, 2.45) is 5.41 Å². The Morgan fingerprint density at radius 1 is 1.21 bits per heavy atom. The summed E-state index contributed by atoms with van der Waals surface area (Å²) in [7, 11) is 0. The summed E-state index contributed by atoms with van der Waals surface area (Å²) in [5.41, 5.74) is 2.92. The Hall–Kier alpha value is -1.02. The van der Waals surface area contributed by atoms with Crippen molar-refractivity contribution in [2.45, 2.75) is 52.6 Å². The Morgan fingerprint density at radius 2 is 2.00 bits per heavy atom. The van der Waals surface area contributed by atoms with Gasteiger partial charge in [-0.15, -0.1) is 0 Å². The van der Waals surface area contributed by atoms with Gasteiger partial charge in [0, 0.05) is 0 Å². The molecule has 106 valence electrons. The molecule has 0 aromatic carbocycles. The maximum absolute atomic E-state index is 5.86. The second-order valence-electron chi connectivity index (χ2n) is 6.47. The maximum Gasteiger partial charge on any atom is 0.111 e. The third-order valence-corrected chi connectivity index (χ3v) is 4.23. The van der Waals surface area contributed by atoms with Gasteiger partial charge in [0.1, 0.15) is 12.2 Å². The van der Waals surface area contributed by atoms with Gasteiger partial charge in [-0.25, -0.2) is 0 Å². The minimum atomic E-state index is -0.350. The summed E-state index contributed by atoms with van der Waals surface area (Å²) in [6.07, 6.45) is 12.0. The smallest absolute Gasteiger partial charge is 0.111 e. The Kier molecular flexibility index (Phi) is 4.19. The van der Waals surface area contributed by atoms with Gasteiger partial charge in [-0.3, -0.25) is 0 Å². The first-order valence-corrected chi connectivity index (χ1v) is 7.26. The first-order chi connectivity index (χ1) is 8.93. The standard InChI is InChI=1S/C17H26O2/c1-14-6-5-8-16(2,3)15(14)7-9-17(4)10-11-18-12-13-19-17/h7,9-11H,5-6,8,12-13H2,1-4H3/b9-7+. The van der Waals surface area contributed by atoms with Crippen LogP contribution < -0.4 is 0 Å². The van der Waals surface area contributed by atoms with Crippen LogP contribution in [-0.2, 0) is 9.47 Å². The molecular formula is C17H26O2. The van der Waals surface area contributed by atoms with Gasteiger partial charge in [0.05, 0.1) is 12.9 Å². The maximum atomic E-state index is 5.86. The summed E-state index contributed by atoms with van der Waals surface area (Å²) >= 11 is 0. The Labute approximate surface area is 117 Å². The number of allylic oxidation sites excluding steroid dienone is 3. The van der Waals surface area contributed by atoms with Crippen LogP contribution in [0.15, 0.2) is 35.6 Å². The van der Waals surface area contributed by atoms with Crippen LogP contribution in [0.5, 0.6) is 0 Å². The van der Waals surface area contributed by atoms with E-state index < -0.39 is 0 Å². The zero-order chi connectivity index (χ0) is 13.9. The molecule has 0 aromatic rings. The molecule has 0 fully saturated rings. The number of hydrogen-bond donors (Lipinski definition) is 0. The van der Waals surface area contributed by atoms with Crippen LogP contribution in [0, 0.1) is 5.41 Å². The molecule has 0 bridgehead atoms. The molecule has 1 unspecified atom stereocenters. The fourth-order valence-electron chi connectivity index (χ4n) is 2.97. The molecule has 1 atom stereocenters. The number of rotatable bonds is 2. The quantitative estimate of drug-likeness (QED) is 0.735. The van der Waals surface area contributed by atoms with E-state index in [0.717, 1.165) is 0 Å². The molecule has 1 heterocycles. The number of ether oxygens (including phenoxy) is 2. The van der Waals surface area contributed by atoms with Crippen LogP contribution in [0.4, 0.5) is 0 Å². The summed E-state index contributed by atoms with van der Waals surface area (Å²) in [5, 5.41) is 0. The van der Waals surface area contributed by atoms with Crippen molar-refractivity contribution < 1.29 is 9.47 Å². The van der Waals surface area contributed by atoms with E-state index in [1.54, 1.807) is 6.26 Å². The number of hydrogen-bond acceptors (Lipinski definition) is 2. The van der Waals surface area contributed by atoms with Crippen LogP contribution in [0.2, 0.25) is 0 Å². The largest absolute Gasteiger partial charge is 0.499 e. The molecule has 0 N–H and O–H groups in total. The molecule has 0 saturated heterocycles. The summed E-state index contributed by atoms with van der Waals surface area (Å²) in [6, 6.07) is 0. The molecule has 19 heavy (non-hydrogen) atoms. The van der Waals surface area contributed by atoms with Crippen molar-refractivity contribution in [1.29, 1.82) is 0 Å². The predicted octanol–water partition coefficient (Wildman–Crippen LogP) is 4.39. The van der Waals surface area contributed by atoms with Gasteiger partial charge >= 0.3 is 0 Å². The van der Waals surface area contributed by atoms with E-state index in [4.69, 9.17) is 9.47 Å². The van der Waals surface area contributed by atoms with Crippen molar-refractivity contribution in [3.63, 3.8) is 0 Å². The summed E-state index contributed by atoms with van der Waals surface area (Å²) in [5.74, 6) is 0. The van der Waals surface area contributed by atoms with Gasteiger partial charge in [-0.2, -0.15) is 0 Å². The lowest BCUT2D eigenvalue weighted by atomic mass is 9.72. The van der Waals surface area contributed by atoms with Gasteiger partial charge < -0.3 is 9.47 Å². The van der Waals surface area contributed by atoms with Crippen LogP contribution in [0.25, 0.3) is 0 Å². The van der Waals surface area contributed by atoms with E-state index in [-0.39, 0.29) is 11.0 Å². The van der Waals surface area contributed by atoms with Crippen LogP contribution in [0.3, 0.4) is 0 Å². The molecule has 1 aliphatic heterocycles. The van der Waals surface area contributed by atoms with E-state index in [9.17, 15) is 0 Å². The van der Waals surface area contributed by atoms with Crippen LogP contribution in [-0.4, -0.2) is 18.8 Å². The van der Waals surface area contributed by atoms with Crippen molar-refractivity contribution in [3.8, 4) is 0 Å². The molecule has 2 rings (SSSR count). The SMILES string of the molecule is CC1=C(/C=C/C2(C)C=COCCO2)C(C)(C)CCC1. The highest BCUT2D eigenvalue weighted by Crippen LogP contribution is 2.41. The molecule has 0 amide bonds. The first-order valence-electron chi connectivity index (χ1n) is 7.26. The molecule has 0 radical (unpaired) electrons. The minimum Gasteiger partial charge on any atom is -0.499 e. The zero-order valence-corrected chi connectivity index (χ0v) is 12.7. The zero-order valence-electron chi connectivity index (χ0n) is 12.7. The van der Waals surface area contributed by atoms with E-state index >= 15 is 0 Å². The van der Waals surface area contributed by atoms with Gasteiger partial charge in [0.2, 0.25) is 0 Å². The van der Waals surface area contributed by atoms with Crippen LogP contribution >= 0.6 is 0 Å². The molecule has 2 heteroatoms. The molecular weight excluding hydrogens is 236 g/mol. The molecule has 2 nitrogen and oxygen atoms in total. The van der Waals surface area contributed by atoms with Crippen LogP contribution in [0.1, 0.15) is 47.0 Å². The Bertz CT molecular complexity index is 415. The fourth-order valence-corrected chi connectivity index (χ4v) is 2.97. The lowest BCUT2D eigenvalue weighted by molar-refractivity contribution is 0.0293. The average molecular weight is 262 g/mol. The third-order valence-electron chi connectivity index (χ3n) is 4.23. The van der Waals surface area contributed by atoms with Gasteiger partial charge in [-0.1, -0.05) is 25.5 Å². The highest BCUT2D eigenvalue weighted by Gasteiger charge is 2.28. The van der Waals surface area contributed by atoms with Crippen molar-refractivity contribution in [3.05, 3.63) is 35.6 Å². The van der Waals surface area contributed by atoms with Gasteiger partial charge in [0.25, 0.3) is 0 Å². The molecule has 0 spiro atoms. The van der Waals surface area contributed by atoms with Crippen molar-refractivity contribution >= 4 is 0 Å². The monoisotopic (exact) mass is 262 g/mol. The predicted molar refractivity (Wildman–Crippen MR) is 78.9 cm³/mol. The average Bonchev–Trinajstić information content (AvgIpc) is 2.53. The Balaban J connectivity index is 2.21. The summed E-state index contributed by atoms with van der Waals surface area (Å²) < 4.78 is 11.2. The van der Waals surface area contributed by atoms with Gasteiger partial charge in [-0.05, 0) is 56.3 Å². The van der Waals surface area contributed by atoms with E-state index in [1.807, 2.05) is 6.08 Å². The highest BCUT2D eigenvalue weighted by molar-refractivity contribution is 5.34. The van der Waals surface area contributed by atoms with Crippen molar-refractivity contribution in [2.75, 3.05) is 13.2 Å². The molecule has 0 aromatic heterocycles. The molecule has 0 saturated carbocycles. The summed E-state index contributed by atoms with van der Waals surface area (Å²) in [4.78, 5) is 0. The first kappa shape index (κ1) is 14.4. The lowest BCUT2D eigenvalue weighted by Gasteiger charge is -2.33. The molecule has 1 aliphatic carbocycles. The van der Waals surface area contributed by atoms with E-state index in [2.05, 4.69) is 39.8 Å². The van der Waals surface area contributed by atoms with Gasteiger partial charge in [0.15, 0.2) is 0 Å². The van der Waals surface area contributed by atoms with Crippen molar-refractivity contribution in [1.82, 2.24) is 0 Å². The Morgan fingerprint density at radius 3 is 2.74 bits per heavy atom. The second-order valence-corrected chi connectivity index (χ2v) is 6.47. The fraction of sp³-hybridized carbons (Fsp3) is 0.647. The lowest BCUT2D eigenvalue weighted by Crippen LogP contribution is -2.25. The minimum absolute atomic E-state index is 0.278. The molecule has 2 aliphatic rings.